The molecule has 0 saturated carbocycles. The summed E-state index contributed by atoms with van der Waals surface area (Å²) in [6, 6.07) is 4.65. The molecule has 10 nitrogen and oxygen atoms in total. The summed E-state index contributed by atoms with van der Waals surface area (Å²) < 4.78 is 7.93. The summed E-state index contributed by atoms with van der Waals surface area (Å²) in [7, 11) is 0. The van der Waals surface area contributed by atoms with Gasteiger partial charge in [0.05, 0.1) is 17.0 Å². The Morgan fingerprint density at radius 1 is 0.971 bits per heavy atom. The highest BCUT2D eigenvalue weighted by molar-refractivity contribution is 6.30. The number of H-pyrrole nitrogens is 2. The number of aromatic nitrogens is 4. The molecular formula is C23H25ClN4O6. The third-order valence-electron chi connectivity index (χ3n) is 5.94. The maximum atomic E-state index is 13.5. The normalized spacial score (nSPS) is 14.4. The number of hydrogen-bond donors (Lipinski definition) is 3. The van der Waals surface area contributed by atoms with E-state index in [1.54, 1.807) is 12.1 Å². The van der Waals surface area contributed by atoms with Gasteiger partial charge in [0.2, 0.25) is 11.8 Å². The molecule has 11 heteroatoms. The molecule has 0 spiro atoms. The predicted octanol–water partition coefficient (Wildman–Crippen LogP) is 2.63. The number of aromatic hydroxyl groups is 1. The second-order valence-corrected chi connectivity index (χ2v) is 8.64. The van der Waals surface area contributed by atoms with Crippen molar-refractivity contribution in [2.45, 2.75) is 58.5 Å². The molecule has 34 heavy (non-hydrogen) atoms. The average molecular weight is 489 g/mol. The number of fused-ring (bicyclic) bond motifs is 2. The Morgan fingerprint density at radius 2 is 1.62 bits per heavy atom. The van der Waals surface area contributed by atoms with E-state index < -0.39 is 34.3 Å². The van der Waals surface area contributed by atoms with E-state index in [2.05, 4.69) is 9.97 Å². The van der Waals surface area contributed by atoms with Crippen LogP contribution in [0.2, 0.25) is 5.02 Å². The van der Waals surface area contributed by atoms with E-state index in [9.17, 15) is 24.3 Å². The van der Waals surface area contributed by atoms with Crippen molar-refractivity contribution < 1.29 is 9.84 Å². The molecule has 0 radical (unpaired) electrons. The van der Waals surface area contributed by atoms with Gasteiger partial charge in [-0.25, -0.2) is 9.59 Å². The van der Waals surface area contributed by atoms with E-state index in [1.807, 2.05) is 13.8 Å². The van der Waals surface area contributed by atoms with Crippen LogP contribution in [0, 0.1) is 0 Å². The first kappa shape index (κ1) is 23.6. The minimum absolute atomic E-state index is 0.0213. The van der Waals surface area contributed by atoms with Crippen LogP contribution in [0.3, 0.4) is 0 Å². The Morgan fingerprint density at radius 3 is 2.29 bits per heavy atom. The average Bonchev–Trinajstić information content (AvgIpc) is 2.78. The maximum absolute atomic E-state index is 13.5. The molecule has 1 atom stereocenters. The number of aromatic amines is 2. The molecule has 3 heterocycles. The van der Waals surface area contributed by atoms with Crippen molar-refractivity contribution in [3.63, 3.8) is 0 Å². The van der Waals surface area contributed by atoms with E-state index in [0.29, 0.717) is 23.4 Å². The molecule has 1 aliphatic heterocycles. The van der Waals surface area contributed by atoms with Gasteiger partial charge in [-0.15, -0.1) is 0 Å². The quantitative estimate of drug-likeness (QED) is 0.365. The zero-order valence-electron chi connectivity index (χ0n) is 18.8. The van der Waals surface area contributed by atoms with Crippen LogP contribution in [0.1, 0.15) is 62.1 Å². The lowest BCUT2D eigenvalue weighted by atomic mass is 9.84. The first-order valence-corrected chi connectivity index (χ1v) is 11.6. The summed E-state index contributed by atoms with van der Waals surface area (Å²) >= 11 is 6.23. The van der Waals surface area contributed by atoms with Crippen LogP contribution in [0.5, 0.6) is 17.5 Å². The predicted molar refractivity (Wildman–Crippen MR) is 127 cm³/mol. The van der Waals surface area contributed by atoms with E-state index in [1.165, 1.54) is 6.07 Å². The lowest BCUT2D eigenvalue weighted by Crippen LogP contribution is -2.41. The van der Waals surface area contributed by atoms with E-state index in [-0.39, 0.29) is 35.8 Å². The summed E-state index contributed by atoms with van der Waals surface area (Å²) in [6.45, 7) is 4.21. The summed E-state index contributed by atoms with van der Waals surface area (Å²) in [6.07, 6.45) is 2.68. The number of nitrogens with zero attached hydrogens (tertiary/aromatic N) is 2. The molecule has 0 fully saturated rings. The van der Waals surface area contributed by atoms with Crippen LogP contribution < -0.4 is 27.2 Å². The molecule has 1 aliphatic rings. The van der Waals surface area contributed by atoms with Crippen molar-refractivity contribution in [3.05, 3.63) is 81.6 Å². The lowest BCUT2D eigenvalue weighted by molar-refractivity contribution is 0.380. The van der Waals surface area contributed by atoms with E-state index in [0.717, 1.165) is 22.0 Å². The number of benzene rings is 1. The summed E-state index contributed by atoms with van der Waals surface area (Å²) in [5, 5.41) is 11.4. The number of ether oxygens (including phenoxy) is 1. The molecule has 0 bridgehead atoms. The standard InChI is InChI=1S/C23H25ClN4O6/c1-3-5-9-27-20(30)16(18(29)25-22(27)32)15-13-11-12(24)7-8-14(13)34-19-17(15)21(31)28(10-6-4-2)23(33)26-19/h7-8,11,15,30H,3-6,9-10H2,1-2H3,(H,26,33)(H,25,29,32)/t15-/m0/s1. The van der Waals surface area contributed by atoms with Crippen molar-refractivity contribution >= 4 is 11.6 Å². The van der Waals surface area contributed by atoms with Gasteiger partial charge in [0.25, 0.3) is 11.1 Å². The second-order valence-electron chi connectivity index (χ2n) is 8.20. The van der Waals surface area contributed by atoms with Crippen molar-refractivity contribution in [1.29, 1.82) is 0 Å². The number of unbranched alkanes of at least 4 members (excludes halogenated alkanes) is 2. The fraction of sp³-hybridized carbons (Fsp3) is 0.391. The second kappa shape index (κ2) is 9.38. The van der Waals surface area contributed by atoms with Gasteiger partial charge in [-0.3, -0.25) is 28.7 Å². The topological polar surface area (TPSA) is 139 Å². The van der Waals surface area contributed by atoms with Gasteiger partial charge in [0.15, 0.2) is 0 Å². The summed E-state index contributed by atoms with van der Waals surface area (Å²) in [5.41, 5.74) is -2.74. The molecule has 180 valence electrons. The molecule has 4 rings (SSSR count). The lowest BCUT2D eigenvalue weighted by Gasteiger charge is -2.28. The van der Waals surface area contributed by atoms with Crippen LogP contribution in [-0.4, -0.2) is 24.2 Å². The van der Waals surface area contributed by atoms with Crippen molar-refractivity contribution in [2.75, 3.05) is 0 Å². The van der Waals surface area contributed by atoms with Crippen LogP contribution >= 0.6 is 11.6 Å². The van der Waals surface area contributed by atoms with Gasteiger partial charge in [-0.05, 0) is 31.0 Å². The number of nitrogens with one attached hydrogen (secondary N) is 2. The van der Waals surface area contributed by atoms with Crippen LogP contribution in [0.4, 0.5) is 0 Å². The molecule has 1 aromatic carbocycles. The smallest absolute Gasteiger partial charge is 0.331 e. The molecule has 3 aromatic rings. The Balaban J connectivity index is 2.07. The Hall–Kier alpha value is -3.53. The highest BCUT2D eigenvalue weighted by atomic mass is 35.5. The molecule has 0 aliphatic carbocycles. The zero-order chi connectivity index (χ0) is 24.6. The van der Waals surface area contributed by atoms with Gasteiger partial charge >= 0.3 is 11.4 Å². The minimum atomic E-state index is -1.13. The van der Waals surface area contributed by atoms with Crippen LogP contribution in [0.15, 0.2) is 37.4 Å². The molecule has 3 N–H and O–H groups in total. The third kappa shape index (κ3) is 3.98. The number of halogens is 1. The van der Waals surface area contributed by atoms with Gasteiger partial charge < -0.3 is 9.84 Å². The minimum Gasteiger partial charge on any atom is -0.494 e. The Kier molecular flexibility index (Phi) is 6.52. The van der Waals surface area contributed by atoms with Gasteiger partial charge in [-0.1, -0.05) is 38.3 Å². The highest BCUT2D eigenvalue weighted by Gasteiger charge is 2.37. The molecule has 0 saturated heterocycles. The zero-order valence-corrected chi connectivity index (χ0v) is 19.6. The van der Waals surface area contributed by atoms with E-state index >= 15 is 0 Å². The van der Waals surface area contributed by atoms with Crippen LogP contribution in [-0.2, 0) is 13.1 Å². The fourth-order valence-corrected chi connectivity index (χ4v) is 4.36. The largest absolute Gasteiger partial charge is 0.494 e. The Labute approximate surface area is 198 Å². The summed E-state index contributed by atoms with van der Waals surface area (Å²) in [4.78, 5) is 56.5. The Bertz CT molecular complexity index is 1480. The van der Waals surface area contributed by atoms with Crippen LogP contribution in [0.25, 0.3) is 0 Å². The van der Waals surface area contributed by atoms with Gasteiger partial charge in [-0.2, -0.15) is 0 Å². The number of rotatable bonds is 7. The SMILES string of the molecule is CCCCn1c(O)c([C@@H]2c3cc(Cl)ccc3Oc3[nH]c(=O)n(CCCC)c(=O)c32)c(=O)[nH]c1=O. The monoisotopic (exact) mass is 488 g/mol. The van der Waals surface area contributed by atoms with Gasteiger partial charge in [0.1, 0.15) is 5.75 Å². The third-order valence-corrected chi connectivity index (χ3v) is 6.17. The van der Waals surface area contributed by atoms with Gasteiger partial charge in [0, 0.05) is 23.7 Å². The first-order chi connectivity index (χ1) is 16.3. The maximum Gasteiger partial charge on any atom is 0.331 e. The fourth-order valence-electron chi connectivity index (χ4n) is 4.18. The molecule has 0 unspecified atom stereocenters. The van der Waals surface area contributed by atoms with Crippen molar-refractivity contribution in [2.24, 2.45) is 0 Å². The van der Waals surface area contributed by atoms with E-state index in [4.69, 9.17) is 16.3 Å². The van der Waals surface area contributed by atoms with Crippen molar-refractivity contribution in [3.8, 4) is 17.5 Å². The van der Waals surface area contributed by atoms with Crippen molar-refractivity contribution in [1.82, 2.24) is 19.1 Å². The molecular weight excluding hydrogens is 464 g/mol. The molecule has 0 amide bonds. The first-order valence-electron chi connectivity index (χ1n) is 11.2. The number of hydrogen-bond acceptors (Lipinski definition) is 6. The summed E-state index contributed by atoms with van der Waals surface area (Å²) in [5.74, 6) is -1.54. The highest BCUT2D eigenvalue weighted by Crippen LogP contribution is 2.46. The molecule has 2 aromatic heterocycles.